The monoisotopic (exact) mass is 520 g/mol. The summed E-state index contributed by atoms with van der Waals surface area (Å²) in [5.41, 5.74) is 7.09. The molecule has 2 heterocycles. The van der Waals surface area contributed by atoms with Crippen LogP contribution in [0.5, 0.6) is 11.5 Å². The second kappa shape index (κ2) is 10.5. The van der Waals surface area contributed by atoms with Gasteiger partial charge in [-0.05, 0) is 57.6 Å². The number of rotatable bonds is 12. The SMILES string of the molecule is c1ccc2c(c1)-c1ccccc1C2(c1ccc(OCCOCC2CO2)cc1)c1ccc(OCCC2CO2)cc1. The Kier molecular flexibility index (Phi) is 6.57. The number of benzene rings is 4. The first-order valence-electron chi connectivity index (χ1n) is 13.8. The van der Waals surface area contributed by atoms with Crippen molar-refractivity contribution in [3.63, 3.8) is 0 Å². The largest absolute Gasteiger partial charge is 0.493 e. The molecule has 4 aromatic carbocycles. The fourth-order valence-electron chi connectivity index (χ4n) is 5.77. The van der Waals surface area contributed by atoms with Crippen molar-refractivity contribution >= 4 is 0 Å². The van der Waals surface area contributed by atoms with Crippen molar-refractivity contribution in [2.24, 2.45) is 0 Å². The number of hydrogen-bond acceptors (Lipinski definition) is 5. The van der Waals surface area contributed by atoms with Gasteiger partial charge in [0, 0.05) is 6.42 Å². The first-order valence-corrected chi connectivity index (χ1v) is 13.8. The third-order valence-electron chi connectivity index (χ3n) is 7.84. The molecule has 3 aliphatic rings. The van der Waals surface area contributed by atoms with Gasteiger partial charge in [0.25, 0.3) is 0 Å². The third-order valence-corrected chi connectivity index (χ3v) is 7.84. The molecule has 5 heteroatoms. The van der Waals surface area contributed by atoms with Crippen LogP contribution in [0.2, 0.25) is 0 Å². The molecule has 0 bridgehead atoms. The summed E-state index contributed by atoms with van der Waals surface area (Å²) in [5.74, 6) is 1.72. The van der Waals surface area contributed by atoms with Crippen LogP contribution >= 0.6 is 0 Å². The van der Waals surface area contributed by atoms with E-state index in [1.807, 2.05) is 0 Å². The van der Waals surface area contributed by atoms with Crippen LogP contribution in [0.3, 0.4) is 0 Å². The average Bonchev–Trinajstić information content (AvgIpc) is 3.93. The van der Waals surface area contributed by atoms with E-state index in [0.717, 1.165) is 31.1 Å². The molecule has 2 atom stereocenters. The molecule has 0 radical (unpaired) electrons. The molecular weight excluding hydrogens is 488 g/mol. The highest BCUT2D eigenvalue weighted by atomic mass is 16.6. The van der Waals surface area contributed by atoms with E-state index >= 15 is 0 Å². The third kappa shape index (κ3) is 4.82. The van der Waals surface area contributed by atoms with Gasteiger partial charge in [-0.2, -0.15) is 0 Å². The van der Waals surface area contributed by atoms with Gasteiger partial charge >= 0.3 is 0 Å². The summed E-state index contributed by atoms with van der Waals surface area (Å²) in [5, 5.41) is 0. The van der Waals surface area contributed by atoms with Gasteiger partial charge in [0.15, 0.2) is 0 Å². The summed E-state index contributed by atoms with van der Waals surface area (Å²) in [6, 6.07) is 34.7. The molecule has 198 valence electrons. The Morgan fingerprint density at radius 1 is 0.590 bits per heavy atom. The molecule has 0 saturated carbocycles. The Balaban J connectivity index is 1.21. The van der Waals surface area contributed by atoms with Gasteiger partial charge in [-0.15, -0.1) is 0 Å². The average molecular weight is 521 g/mol. The predicted octanol–water partition coefficient (Wildman–Crippen LogP) is 6.01. The Hall–Kier alpha value is -3.64. The molecule has 0 amide bonds. The molecule has 39 heavy (non-hydrogen) atoms. The van der Waals surface area contributed by atoms with Crippen LogP contribution in [0, 0.1) is 0 Å². The van der Waals surface area contributed by atoms with Gasteiger partial charge in [0.2, 0.25) is 0 Å². The zero-order chi connectivity index (χ0) is 26.1. The highest BCUT2D eigenvalue weighted by molar-refractivity contribution is 5.86. The van der Waals surface area contributed by atoms with Gasteiger partial charge in [-0.3, -0.25) is 0 Å². The number of epoxide rings is 2. The second-order valence-corrected chi connectivity index (χ2v) is 10.4. The van der Waals surface area contributed by atoms with Crippen LogP contribution in [0.4, 0.5) is 0 Å². The van der Waals surface area contributed by atoms with E-state index in [1.54, 1.807) is 0 Å². The van der Waals surface area contributed by atoms with Crippen LogP contribution in [0.1, 0.15) is 28.7 Å². The van der Waals surface area contributed by atoms with E-state index in [9.17, 15) is 0 Å². The summed E-state index contributed by atoms with van der Waals surface area (Å²) >= 11 is 0. The molecule has 2 unspecified atom stereocenters. The molecule has 5 nitrogen and oxygen atoms in total. The topological polar surface area (TPSA) is 52.8 Å². The lowest BCUT2D eigenvalue weighted by atomic mass is 9.68. The Bertz CT molecular complexity index is 1380. The highest BCUT2D eigenvalue weighted by Gasteiger charge is 2.45. The van der Waals surface area contributed by atoms with E-state index in [1.165, 1.54) is 33.4 Å². The normalized spacial score (nSPS) is 19.7. The molecule has 7 rings (SSSR count). The lowest BCUT2D eigenvalue weighted by Crippen LogP contribution is -2.28. The van der Waals surface area contributed by atoms with Gasteiger partial charge in [-0.25, -0.2) is 0 Å². The smallest absolute Gasteiger partial charge is 0.119 e. The zero-order valence-corrected chi connectivity index (χ0v) is 21.9. The number of fused-ring (bicyclic) bond motifs is 3. The Labute approximate surface area is 229 Å². The van der Waals surface area contributed by atoms with E-state index in [-0.39, 0.29) is 6.10 Å². The van der Waals surface area contributed by atoms with Crippen LogP contribution in [-0.4, -0.2) is 51.8 Å². The molecule has 2 saturated heterocycles. The minimum Gasteiger partial charge on any atom is -0.493 e. The van der Waals surface area contributed by atoms with Crippen molar-refractivity contribution in [3.05, 3.63) is 119 Å². The Morgan fingerprint density at radius 2 is 1.10 bits per heavy atom. The van der Waals surface area contributed by atoms with Crippen molar-refractivity contribution in [2.75, 3.05) is 39.6 Å². The van der Waals surface area contributed by atoms with E-state index in [2.05, 4.69) is 97.1 Å². The van der Waals surface area contributed by atoms with Gasteiger partial charge in [-0.1, -0.05) is 72.8 Å². The minimum absolute atomic E-state index is 0.274. The maximum atomic E-state index is 6.03. The molecule has 0 spiro atoms. The fourth-order valence-corrected chi connectivity index (χ4v) is 5.77. The highest BCUT2D eigenvalue weighted by Crippen LogP contribution is 2.56. The molecule has 0 N–H and O–H groups in total. The van der Waals surface area contributed by atoms with Crippen molar-refractivity contribution in [2.45, 2.75) is 24.0 Å². The van der Waals surface area contributed by atoms with Crippen molar-refractivity contribution in [1.29, 1.82) is 0 Å². The zero-order valence-electron chi connectivity index (χ0n) is 21.9. The van der Waals surface area contributed by atoms with Crippen molar-refractivity contribution in [1.82, 2.24) is 0 Å². The van der Waals surface area contributed by atoms with Crippen molar-refractivity contribution < 1.29 is 23.7 Å². The van der Waals surface area contributed by atoms with Gasteiger partial charge in [0.05, 0.1) is 44.6 Å². The maximum absolute atomic E-state index is 6.03. The maximum Gasteiger partial charge on any atom is 0.119 e. The van der Waals surface area contributed by atoms with Crippen LogP contribution in [0.15, 0.2) is 97.1 Å². The first kappa shape index (κ1) is 24.4. The summed E-state index contributed by atoms with van der Waals surface area (Å²) in [6.45, 7) is 4.04. The van der Waals surface area contributed by atoms with E-state index in [4.69, 9.17) is 23.7 Å². The number of ether oxygens (including phenoxy) is 5. The summed E-state index contributed by atoms with van der Waals surface area (Å²) in [6.07, 6.45) is 1.58. The minimum atomic E-state index is -0.445. The van der Waals surface area contributed by atoms with Gasteiger partial charge < -0.3 is 23.7 Å². The van der Waals surface area contributed by atoms with Crippen LogP contribution in [0.25, 0.3) is 11.1 Å². The molecular formula is C34H32O5. The van der Waals surface area contributed by atoms with Crippen LogP contribution < -0.4 is 9.47 Å². The Morgan fingerprint density at radius 3 is 1.64 bits per heavy atom. The van der Waals surface area contributed by atoms with E-state index < -0.39 is 5.41 Å². The first-order chi connectivity index (χ1) is 19.3. The second-order valence-electron chi connectivity index (χ2n) is 10.4. The summed E-state index contributed by atoms with van der Waals surface area (Å²) in [7, 11) is 0. The molecule has 0 aromatic heterocycles. The van der Waals surface area contributed by atoms with Gasteiger partial charge in [0.1, 0.15) is 24.2 Å². The lowest BCUT2D eigenvalue weighted by molar-refractivity contribution is 0.0878. The quantitative estimate of drug-likeness (QED) is 0.149. The van der Waals surface area contributed by atoms with Crippen LogP contribution in [-0.2, 0) is 19.6 Å². The summed E-state index contributed by atoms with van der Waals surface area (Å²) < 4.78 is 28.1. The molecule has 4 aromatic rings. The standard InChI is InChI=1S/C34H32O5/c1-3-7-32-30(5-1)31-6-2-4-8-33(31)34(32,24-9-13-26(14-10-24)36-18-17-28-22-38-28)25-11-15-27(16-12-25)37-20-19-35-21-29-23-39-29/h1-16,28-29H,17-23H2. The van der Waals surface area contributed by atoms with Crippen molar-refractivity contribution in [3.8, 4) is 22.6 Å². The molecule has 2 fully saturated rings. The fraction of sp³-hybridized carbons (Fsp3) is 0.294. The number of hydrogen-bond donors (Lipinski definition) is 0. The summed E-state index contributed by atoms with van der Waals surface area (Å²) in [4.78, 5) is 0. The van der Waals surface area contributed by atoms with E-state index in [0.29, 0.717) is 32.5 Å². The predicted molar refractivity (Wildman–Crippen MR) is 150 cm³/mol. The molecule has 1 aliphatic carbocycles. The lowest BCUT2D eigenvalue weighted by Gasteiger charge is -2.34. The molecule has 2 aliphatic heterocycles.